The van der Waals surface area contributed by atoms with Crippen LogP contribution in [0.1, 0.15) is 64.6 Å². The van der Waals surface area contributed by atoms with Crippen molar-refractivity contribution in [3.63, 3.8) is 0 Å². The average molecular weight is 434 g/mol. The van der Waals surface area contributed by atoms with Gasteiger partial charge in [0, 0.05) is 25.9 Å². The summed E-state index contributed by atoms with van der Waals surface area (Å²) in [4.78, 5) is 11.0. The number of halogens is 2. The van der Waals surface area contributed by atoms with Gasteiger partial charge in [-0.15, -0.1) is 5.10 Å². The number of hydrogen-bond donors (Lipinski definition) is 0. The summed E-state index contributed by atoms with van der Waals surface area (Å²) in [5, 5.41) is 15.9. The van der Waals surface area contributed by atoms with E-state index in [0.717, 1.165) is 0 Å². The maximum absolute atomic E-state index is 13.4. The summed E-state index contributed by atoms with van der Waals surface area (Å²) in [6.07, 6.45) is 0.613. The molecule has 1 aliphatic rings. The van der Waals surface area contributed by atoms with Crippen LogP contribution in [-0.2, 0) is 4.43 Å². The molecule has 0 spiro atoms. The largest absolute Gasteiger partial charge is 0.472 e. The molecule has 0 unspecified atom stereocenters. The van der Waals surface area contributed by atoms with Gasteiger partial charge in [0.1, 0.15) is 5.69 Å². The van der Waals surface area contributed by atoms with E-state index in [0.29, 0.717) is 18.7 Å². The van der Waals surface area contributed by atoms with Crippen LogP contribution in [0.3, 0.4) is 0 Å². The Morgan fingerprint density at radius 1 is 1.28 bits per heavy atom. The summed E-state index contributed by atoms with van der Waals surface area (Å²) in [5.74, 6) is -2.70. The molecule has 10 heteroatoms. The Kier molecular flexibility index (Phi) is 7.09. The predicted molar refractivity (Wildman–Crippen MR) is 109 cm³/mol. The lowest BCUT2D eigenvalue weighted by molar-refractivity contribution is -0.386. The predicted octanol–water partition coefficient (Wildman–Crippen LogP) is 5.64. The number of alkyl halides is 2. The highest BCUT2D eigenvalue weighted by Crippen LogP contribution is 2.41. The SMILES string of the molecule is Cc1c([N+](=O)[O-])c(OCCCO[Si](C)(C)C(C)(C)C)nn1C1CCC(F)(F)CC1. The molecule has 0 aromatic carbocycles. The number of ether oxygens (including phenoxy) is 1. The third-order valence-corrected chi connectivity index (χ3v) is 10.6. The molecule has 0 saturated heterocycles. The first-order chi connectivity index (χ1) is 13.3. The van der Waals surface area contributed by atoms with Crippen LogP contribution < -0.4 is 4.74 Å². The van der Waals surface area contributed by atoms with Gasteiger partial charge < -0.3 is 9.16 Å². The van der Waals surface area contributed by atoms with E-state index in [1.807, 2.05) is 0 Å². The van der Waals surface area contributed by atoms with Gasteiger partial charge >= 0.3 is 11.6 Å². The highest BCUT2D eigenvalue weighted by atomic mass is 28.4. The first-order valence-corrected chi connectivity index (χ1v) is 13.0. The van der Waals surface area contributed by atoms with E-state index in [-0.39, 0.29) is 54.9 Å². The molecule has 0 aliphatic heterocycles. The van der Waals surface area contributed by atoms with Crippen molar-refractivity contribution < 1.29 is 22.9 Å². The summed E-state index contributed by atoms with van der Waals surface area (Å²) in [6, 6.07) is -0.271. The number of aromatic nitrogens is 2. The van der Waals surface area contributed by atoms with Gasteiger partial charge in [0.05, 0.1) is 17.6 Å². The molecule has 1 saturated carbocycles. The number of rotatable bonds is 8. The van der Waals surface area contributed by atoms with Crippen molar-refractivity contribution in [2.45, 2.75) is 89.9 Å². The fraction of sp³-hybridized carbons (Fsp3) is 0.842. The molecule has 0 atom stereocenters. The molecular formula is C19H33F2N3O4Si. The Labute approximate surface area is 172 Å². The molecule has 7 nitrogen and oxygen atoms in total. The highest BCUT2D eigenvalue weighted by molar-refractivity contribution is 6.74. The van der Waals surface area contributed by atoms with E-state index in [1.54, 1.807) is 6.92 Å². The maximum Gasteiger partial charge on any atom is 0.352 e. The van der Waals surface area contributed by atoms with E-state index < -0.39 is 19.2 Å². The number of hydrogen-bond acceptors (Lipinski definition) is 5. The standard InChI is InChI=1S/C19H33F2N3O4Si/c1-14-16(24(25)26)17(22-23(14)15-8-10-19(20,21)11-9-15)27-12-7-13-28-29(5,6)18(2,3)4/h15H,7-13H2,1-6H3. The van der Waals surface area contributed by atoms with Crippen molar-refractivity contribution in [2.24, 2.45) is 0 Å². The van der Waals surface area contributed by atoms with Crippen LogP contribution in [0.5, 0.6) is 5.88 Å². The van der Waals surface area contributed by atoms with Crippen molar-refractivity contribution >= 4 is 14.0 Å². The molecule has 0 bridgehead atoms. The van der Waals surface area contributed by atoms with E-state index in [1.165, 1.54) is 4.68 Å². The van der Waals surface area contributed by atoms with E-state index in [2.05, 4.69) is 39.0 Å². The van der Waals surface area contributed by atoms with Gasteiger partial charge in [-0.25, -0.2) is 8.78 Å². The molecule has 166 valence electrons. The molecule has 0 N–H and O–H groups in total. The number of nitro groups is 1. The summed E-state index contributed by atoms with van der Waals surface area (Å²) in [5.41, 5.74) is 0.158. The van der Waals surface area contributed by atoms with Crippen LogP contribution in [-0.4, -0.2) is 42.2 Å². The Balaban J connectivity index is 1.99. The molecule has 0 radical (unpaired) electrons. The summed E-state index contributed by atoms with van der Waals surface area (Å²) in [6.45, 7) is 13.2. The Bertz CT molecular complexity index is 722. The lowest BCUT2D eigenvalue weighted by Crippen LogP contribution is -2.41. The third-order valence-electron chi connectivity index (χ3n) is 6.10. The lowest BCUT2D eigenvalue weighted by Gasteiger charge is -2.36. The Hall–Kier alpha value is -1.55. The fourth-order valence-electron chi connectivity index (χ4n) is 3.19. The monoisotopic (exact) mass is 433 g/mol. The van der Waals surface area contributed by atoms with Crippen molar-refractivity contribution in [2.75, 3.05) is 13.2 Å². The zero-order valence-electron chi connectivity index (χ0n) is 18.3. The molecule has 0 amide bonds. The second-order valence-electron chi connectivity index (χ2n) is 9.34. The second kappa shape index (κ2) is 8.67. The van der Waals surface area contributed by atoms with Gasteiger partial charge in [-0.3, -0.25) is 14.8 Å². The first kappa shape index (κ1) is 23.7. The molecule has 1 fully saturated rings. The quantitative estimate of drug-likeness (QED) is 0.229. The van der Waals surface area contributed by atoms with Crippen LogP contribution in [0, 0.1) is 17.0 Å². The van der Waals surface area contributed by atoms with Crippen molar-refractivity contribution in [1.82, 2.24) is 9.78 Å². The van der Waals surface area contributed by atoms with Crippen molar-refractivity contribution in [3.8, 4) is 5.88 Å². The molecule has 1 heterocycles. The van der Waals surface area contributed by atoms with Crippen molar-refractivity contribution in [1.29, 1.82) is 0 Å². The smallest absolute Gasteiger partial charge is 0.352 e. The Morgan fingerprint density at radius 3 is 2.38 bits per heavy atom. The van der Waals surface area contributed by atoms with Crippen LogP contribution in [0.2, 0.25) is 18.1 Å². The molecule has 29 heavy (non-hydrogen) atoms. The lowest BCUT2D eigenvalue weighted by atomic mass is 9.92. The normalized spacial score (nSPS) is 18.1. The molecule has 1 aromatic rings. The van der Waals surface area contributed by atoms with E-state index in [4.69, 9.17) is 9.16 Å². The van der Waals surface area contributed by atoms with Gasteiger partial charge in [-0.1, -0.05) is 20.8 Å². The van der Waals surface area contributed by atoms with Crippen LogP contribution >= 0.6 is 0 Å². The summed E-state index contributed by atoms with van der Waals surface area (Å²) in [7, 11) is -1.85. The molecule has 1 aliphatic carbocycles. The minimum Gasteiger partial charge on any atom is -0.472 e. The van der Waals surface area contributed by atoms with E-state index in [9.17, 15) is 18.9 Å². The zero-order chi connectivity index (χ0) is 22.0. The molecular weight excluding hydrogens is 400 g/mol. The van der Waals surface area contributed by atoms with Gasteiger partial charge in [-0.05, 0) is 37.9 Å². The van der Waals surface area contributed by atoms with Crippen molar-refractivity contribution in [3.05, 3.63) is 15.8 Å². The second-order valence-corrected chi connectivity index (χ2v) is 14.1. The topological polar surface area (TPSA) is 79.4 Å². The van der Waals surface area contributed by atoms with Gasteiger partial charge in [0.25, 0.3) is 0 Å². The Morgan fingerprint density at radius 2 is 1.86 bits per heavy atom. The fourth-order valence-corrected chi connectivity index (χ4v) is 4.28. The third kappa shape index (κ3) is 5.75. The van der Waals surface area contributed by atoms with Crippen LogP contribution in [0.15, 0.2) is 0 Å². The zero-order valence-corrected chi connectivity index (χ0v) is 19.3. The molecule has 1 aromatic heterocycles. The van der Waals surface area contributed by atoms with Gasteiger partial charge in [-0.2, -0.15) is 0 Å². The summed E-state index contributed by atoms with van der Waals surface area (Å²) < 4.78 is 40.0. The summed E-state index contributed by atoms with van der Waals surface area (Å²) >= 11 is 0. The molecule has 2 rings (SSSR count). The van der Waals surface area contributed by atoms with E-state index >= 15 is 0 Å². The van der Waals surface area contributed by atoms with Gasteiger partial charge in [0.2, 0.25) is 5.92 Å². The number of nitrogens with zero attached hydrogens (tertiary/aromatic N) is 3. The van der Waals surface area contributed by atoms with Crippen LogP contribution in [0.4, 0.5) is 14.5 Å². The minimum absolute atomic E-state index is 0.0443. The highest BCUT2D eigenvalue weighted by Gasteiger charge is 2.39. The van der Waals surface area contributed by atoms with Gasteiger partial charge in [0.15, 0.2) is 8.32 Å². The van der Waals surface area contributed by atoms with Crippen LogP contribution in [0.25, 0.3) is 0 Å². The average Bonchev–Trinajstić information content (AvgIpc) is 2.90. The maximum atomic E-state index is 13.4. The minimum atomic E-state index is -2.66. The first-order valence-electron chi connectivity index (χ1n) is 10.1.